The molecule has 1 aliphatic rings. The Morgan fingerprint density at radius 1 is 1.14 bits per heavy atom. The number of aryl methyl sites for hydroxylation is 1. The average molecular weight is 377 g/mol. The predicted molar refractivity (Wildman–Crippen MR) is 110 cm³/mol. The molecule has 0 saturated heterocycles. The molecule has 0 N–H and O–H groups in total. The highest BCUT2D eigenvalue weighted by molar-refractivity contribution is 5.85. The number of aromatic nitrogens is 4. The van der Waals surface area contributed by atoms with Gasteiger partial charge in [-0.25, -0.2) is 9.97 Å². The molecule has 6 nitrogen and oxygen atoms in total. The molecule has 1 aliphatic carbocycles. The lowest BCUT2D eigenvalue weighted by molar-refractivity contribution is -0.123. The topological polar surface area (TPSA) is 63.9 Å². The molecule has 146 valence electrons. The Hall–Kier alpha value is -2.60. The van der Waals surface area contributed by atoms with Crippen LogP contribution in [0.3, 0.4) is 0 Å². The first kappa shape index (κ1) is 18.7. The van der Waals surface area contributed by atoms with Crippen molar-refractivity contribution in [1.29, 1.82) is 0 Å². The zero-order chi connectivity index (χ0) is 19.7. The number of carbonyl (C=O) groups excluding carboxylic acids is 1. The van der Waals surface area contributed by atoms with Crippen LogP contribution in [0.4, 0.5) is 0 Å². The van der Waals surface area contributed by atoms with Crippen LogP contribution in [0.1, 0.15) is 31.5 Å². The maximum Gasteiger partial charge on any atom is 0.143 e. The number of hydrogen-bond acceptors (Lipinski definition) is 5. The summed E-state index contributed by atoms with van der Waals surface area (Å²) in [6.07, 6.45) is 10.1. The van der Waals surface area contributed by atoms with E-state index in [1.807, 2.05) is 37.8 Å². The van der Waals surface area contributed by atoms with Crippen molar-refractivity contribution < 1.29 is 4.79 Å². The average Bonchev–Trinajstić information content (AvgIpc) is 3.14. The SMILES string of the molecule is CN(C)C1CCC(C(=O)Cc2ncc3ccc(-c4cnn(C)c4)cc3n2)CC1. The Morgan fingerprint density at radius 2 is 1.93 bits per heavy atom. The minimum Gasteiger partial charge on any atom is -0.306 e. The van der Waals surface area contributed by atoms with Crippen LogP contribution in [0.5, 0.6) is 0 Å². The van der Waals surface area contributed by atoms with Gasteiger partial charge >= 0.3 is 0 Å². The summed E-state index contributed by atoms with van der Waals surface area (Å²) in [4.78, 5) is 24.2. The number of ketones is 1. The second-order valence-corrected chi connectivity index (χ2v) is 8.07. The van der Waals surface area contributed by atoms with E-state index in [2.05, 4.69) is 40.1 Å². The first-order valence-corrected chi connectivity index (χ1v) is 9.93. The van der Waals surface area contributed by atoms with Gasteiger partial charge in [0.05, 0.1) is 18.1 Å². The third-order valence-electron chi connectivity index (χ3n) is 5.89. The molecule has 0 unspecified atom stereocenters. The molecule has 1 fully saturated rings. The van der Waals surface area contributed by atoms with Gasteiger partial charge in [0.1, 0.15) is 11.6 Å². The van der Waals surface area contributed by atoms with Gasteiger partial charge in [-0.3, -0.25) is 9.48 Å². The van der Waals surface area contributed by atoms with Gasteiger partial charge in [0.25, 0.3) is 0 Å². The predicted octanol–water partition coefficient (Wildman–Crippen LogP) is 3.26. The number of rotatable bonds is 5. The maximum atomic E-state index is 12.8. The van der Waals surface area contributed by atoms with Crippen LogP contribution in [0.15, 0.2) is 36.8 Å². The maximum absolute atomic E-state index is 12.8. The fraction of sp³-hybridized carbons (Fsp3) is 0.455. The van der Waals surface area contributed by atoms with E-state index in [9.17, 15) is 4.79 Å². The van der Waals surface area contributed by atoms with E-state index >= 15 is 0 Å². The molecular formula is C22H27N5O. The molecular weight excluding hydrogens is 350 g/mol. The number of carbonyl (C=O) groups is 1. The van der Waals surface area contributed by atoms with E-state index in [0.717, 1.165) is 47.7 Å². The Labute approximate surface area is 165 Å². The first-order chi connectivity index (χ1) is 13.5. The second-order valence-electron chi connectivity index (χ2n) is 8.07. The van der Waals surface area contributed by atoms with Crippen molar-refractivity contribution in [1.82, 2.24) is 24.6 Å². The molecule has 0 atom stereocenters. The van der Waals surface area contributed by atoms with Crippen LogP contribution >= 0.6 is 0 Å². The standard InChI is InChI=1S/C22H27N5O/c1-26(2)19-8-6-15(7-9-19)21(28)11-22-23-12-17-5-4-16(10-20(17)25-22)18-13-24-27(3)14-18/h4-5,10,12-15,19H,6-9,11H2,1-3H3. The molecule has 1 saturated carbocycles. The molecule has 6 heteroatoms. The molecule has 28 heavy (non-hydrogen) atoms. The minimum absolute atomic E-state index is 0.150. The molecule has 2 aromatic heterocycles. The van der Waals surface area contributed by atoms with Gasteiger partial charge in [0, 0.05) is 42.4 Å². The minimum atomic E-state index is 0.150. The lowest BCUT2D eigenvalue weighted by atomic mass is 9.82. The summed E-state index contributed by atoms with van der Waals surface area (Å²) in [5.74, 6) is 1.05. The summed E-state index contributed by atoms with van der Waals surface area (Å²) >= 11 is 0. The van der Waals surface area contributed by atoms with Crippen LogP contribution in [0, 0.1) is 5.92 Å². The number of benzene rings is 1. The summed E-state index contributed by atoms with van der Waals surface area (Å²) in [5.41, 5.74) is 2.99. The van der Waals surface area contributed by atoms with Gasteiger partial charge < -0.3 is 4.90 Å². The highest BCUT2D eigenvalue weighted by Gasteiger charge is 2.27. The Kier molecular flexibility index (Phi) is 5.22. The van der Waals surface area contributed by atoms with Gasteiger partial charge in [-0.15, -0.1) is 0 Å². The van der Waals surface area contributed by atoms with E-state index in [4.69, 9.17) is 0 Å². The summed E-state index contributed by atoms with van der Waals surface area (Å²) in [5, 5.41) is 5.22. The quantitative estimate of drug-likeness (QED) is 0.683. The number of nitrogens with zero attached hydrogens (tertiary/aromatic N) is 5. The van der Waals surface area contributed by atoms with E-state index in [1.165, 1.54) is 0 Å². The second kappa shape index (κ2) is 7.80. The van der Waals surface area contributed by atoms with Crippen molar-refractivity contribution in [3.05, 3.63) is 42.6 Å². The summed E-state index contributed by atoms with van der Waals surface area (Å²) in [6, 6.07) is 6.72. The molecule has 3 aromatic rings. The molecule has 2 heterocycles. The zero-order valence-corrected chi connectivity index (χ0v) is 16.8. The normalized spacial score (nSPS) is 20.0. The summed E-state index contributed by atoms with van der Waals surface area (Å²) in [7, 11) is 6.15. The third kappa shape index (κ3) is 3.97. The smallest absolute Gasteiger partial charge is 0.143 e. The molecule has 0 amide bonds. The zero-order valence-electron chi connectivity index (χ0n) is 16.8. The van der Waals surface area contributed by atoms with Crippen molar-refractivity contribution in [2.24, 2.45) is 13.0 Å². The fourth-order valence-corrected chi connectivity index (χ4v) is 4.11. The van der Waals surface area contributed by atoms with Gasteiger partial charge in [-0.2, -0.15) is 5.10 Å². The van der Waals surface area contributed by atoms with Crippen LogP contribution in [-0.4, -0.2) is 50.6 Å². The largest absolute Gasteiger partial charge is 0.306 e. The molecule has 0 bridgehead atoms. The van der Waals surface area contributed by atoms with Gasteiger partial charge in [0.2, 0.25) is 0 Å². The van der Waals surface area contributed by atoms with E-state index in [1.54, 1.807) is 4.68 Å². The Balaban J connectivity index is 1.49. The van der Waals surface area contributed by atoms with Crippen molar-refractivity contribution in [2.45, 2.75) is 38.1 Å². The highest BCUT2D eigenvalue weighted by Crippen LogP contribution is 2.28. The number of hydrogen-bond donors (Lipinski definition) is 0. The fourth-order valence-electron chi connectivity index (χ4n) is 4.11. The van der Waals surface area contributed by atoms with Crippen molar-refractivity contribution >= 4 is 16.7 Å². The molecule has 0 radical (unpaired) electrons. The van der Waals surface area contributed by atoms with Gasteiger partial charge in [-0.05, 0) is 51.4 Å². The van der Waals surface area contributed by atoms with Crippen LogP contribution < -0.4 is 0 Å². The van der Waals surface area contributed by atoms with Gasteiger partial charge in [-0.1, -0.05) is 12.1 Å². The summed E-state index contributed by atoms with van der Waals surface area (Å²) < 4.78 is 1.79. The number of fused-ring (bicyclic) bond motifs is 1. The third-order valence-corrected chi connectivity index (χ3v) is 5.89. The Morgan fingerprint density at radius 3 is 2.61 bits per heavy atom. The van der Waals surface area contributed by atoms with E-state index < -0.39 is 0 Å². The molecule has 0 aliphatic heterocycles. The monoisotopic (exact) mass is 377 g/mol. The highest BCUT2D eigenvalue weighted by atomic mass is 16.1. The van der Waals surface area contributed by atoms with Crippen LogP contribution in [-0.2, 0) is 18.3 Å². The summed E-state index contributed by atoms with van der Waals surface area (Å²) in [6.45, 7) is 0. The van der Waals surface area contributed by atoms with Crippen LogP contribution in [0.2, 0.25) is 0 Å². The number of Topliss-reactive ketones (excluding diaryl/α,β-unsaturated/α-hetero) is 1. The Bertz CT molecular complexity index is 986. The van der Waals surface area contributed by atoms with Crippen molar-refractivity contribution in [3.8, 4) is 11.1 Å². The van der Waals surface area contributed by atoms with Gasteiger partial charge in [0.15, 0.2) is 0 Å². The molecule has 4 rings (SSSR count). The van der Waals surface area contributed by atoms with Crippen molar-refractivity contribution in [2.75, 3.05) is 14.1 Å². The van der Waals surface area contributed by atoms with E-state index in [0.29, 0.717) is 18.3 Å². The molecule has 0 spiro atoms. The lowest BCUT2D eigenvalue weighted by Gasteiger charge is -2.31. The van der Waals surface area contributed by atoms with Crippen LogP contribution in [0.25, 0.3) is 22.0 Å². The first-order valence-electron chi connectivity index (χ1n) is 9.93. The molecule has 1 aromatic carbocycles. The van der Waals surface area contributed by atoms with Crippen molar-refractivity contribution in [3.63, 3.8) is 0 Å². The van der Waals surface area contributed by atoms with E-state index in [-0.39, 0.29) is 11.7 Å². The lowest BCUT2D eigenvalue weighted by Crippen LogP contribution is -2.34.